The Morgan fingerprint density at radius 1 is 1.77 bits per heavy atom. The first kappa shape index (κ1) is 10.5. The number of nitrogens with zero attached hydrogens (tertiary/aromatic N) is 1. The number of nitrogens with two attached hydrogens (primary N) is 1. The van der Waals surface area contributed by atoms with Crippen molar-refractivity contribution in [3.8, 4) is 0 Å². The van der Waals surface area contributed by atoms with Crippen LogP contribution >= 0.6 is 0 Å². The normalized spacial score (nSPS) is 25.8. The van der Waals surface area contributed by atoms with Gasteiger partial charge in [0.15, 0.2) is 0 Å². The summed E-state index contributed by atoms with van der Waals surface area (Å²) in [6.07, 6.45) is 0. The van der Waals surface area contributed by atoms with Gasteiger partial charge < -0.3 is 15.4 Å². The Labute approximate surface area is 79.0 Å². The van der Waals surface area contributed by atoms with Crippen LogP contribution < -0.4 is 5.73 Å². The van der Waals surface area contributed by atoms with Crippen LogP contribution in [0.15, 0.2) is 0 Å². The van der Waals surface area contributed by atoms with Gasteiger partial charge in [-0.15, -0.1) is 0 Å². The van der Waals surface area contributed by atoms with Gasteiger partial charge in [0.1, 0.15) is 0 Å². The van der Waals surface area contributed by atoms with Gasteiger partial charge >= 0.3 is 0 Å². The van der Waals surface area contributed by atoms with E-state index in [1.807, 2.05) is 18.7 Å². The fourth-order valence-corrected chi connectivity index (χ4v) is 1.44. The molecule has 4 heteroatoms. The first-order chi connectivity index (χ1) is 6.16. The summed E-state index contributed by atoms with van der Waals surface area (Å²) in [5, 5.41) is 0. The Morgan fingerprint density at radius 2 is 2.46 bits per heavy atom. The Morgan fingerprint density at radius 3 is 3.00 bits per heavy atom. The van der Waals surface area contributed by atoms with Gasteiger partial charge in [0.25, 0.3) is 0 Å². The topological polar surface area (TPSA) is 55.6 Å². The Hall–Kier alpha value is -0.610. The van der Waals surface area contributed by atoms with Gasteiger partial charge in [0.05, 0.1) is 19.3 Å². The molecule has 1 rings (SSSR count). The maximum absolute atomic E-state index is 11.7. The Balaban J connectivity index is 2.53. The van der Waals surface area contributed by atoms with Crippen molar-refractivity contribution < 1.29 is 9.53 Å². The molecule has 0 aromatic rings. The van der Waals surface area contributed by atoms with Crippen molar-refractivity contribution in [3.05, 3.63) is 0 Å². The molecule has 76 valence electrons. The van der Waals surface area contributed by atoms with Crippen LogP contribution in [-0.4, -0.2) is 43.2 Å². The molecule has 0 bridgehead atoms. The van der Waals surface area contributed by atoms with Gasteiger partial charge in [-0.05, 0) is 6.92 Å². The first-order valence-electron chi connectivity index (χ1n) is 4.75. The smallest absolute Gasteiger partial charge is 0.227 e. The molecule has 4 nitrogen and oxygen atoms in total. The number of rotatable bonds is 2. The number of morpholine rings is 1. The summed E-state index contributed by atoms with van der Waals surface area (Å²) in [5.41, 5.74) is 5.45. The van der Waals surface area contributed by atoms with Crippen molar-refractivity contribution in [2.75, 3.05) is 26.3 Å². The van der Waals surface area contributed by atoms with Gasteiger partial charge in [0, 0.05) is 19.0 Å². The first-order valence-corrected chi connectivity index (χ1v) is 4.75. The lowest BCUT2D eigenvalue weighted by molar-refractivity contribution is -0.142. The minimum absolute atomic E-state index is 0.0689. The second-order valence-electron chi connectivity index (χ2n) is 3.59. The van der Waals surface area contributed by atoms with Crippen LogP contribution in [0.5, 0.6) is 0 Å². The zero-order chi connectivity index (χ0) is 9.84. The molecule has 13 heavy (non-hydrogen) atoms. The molecule has 0 saturated carbocycles. The highest BCUT2D eigenvalue weighted by molar-refractivity contribution is 5.79. The maximum Gasteiger partial charge on any atom is 0.227 e. The molecule has 1 heterocycles. The van der Waals surface area contributed by atoms with Gasteiger partial charge in [-0.25, -0.2) is 0 Å². The van der Waals surface area contributed by atoms with E-state index in [1.54, 1.807) is 0 Å². The minimum Gasteiger partial charge on any atom is -0.377 e. The second-order valence-corrected chi connectivity index (χ2v) is 3.59. The fourth-order valence-electron chi connectivity index (χ4n) is 1.44. The lowest BCUT2D eigenvalue weighted by Gasteiger charge is -2.34. The zero-order valence-corrected chi connectivity index (χ0v) is 8.32. The summed E-state index contributed by atoms with van der Waals surface area (Å²) in [5.74, 6) is 0.0823. The van der Waals surface area contributed by atoms with E-state index in [0.29, 0.717) is 26.3 Å². The van der Waals surface area contributed by atoms with E-state index in [9.17, 15) is 4.79 Å². The van der Waals surface area contributed by atoms with E-state index < -0.39 is 0 Å². The van der Waals surface area contributed by atoms with Crippen LogP contribution in [0.3, 0.4) is 0 Å². The molecule has 1 saturated heterocycles. The highest BCUT2D eigenvalue weighted by Crippen LogP contribution is 2.10. The van der Waals surface area contributed by atoms with Gasteiger partial charge in [0.2, 0.25) is 5.91 Å². The van der Waals surface area contributed by atoms with Crippen molar-refractivity contribution in [3.63, 3.8) is 0 Å². The van der Waals surface area contributed by atoms with Crippen LogP contribution in [-0.2, 0) is 9.53 Å². The summed E-state index contributed by atoms with van der Waals surface area (Å²) in [4.78, 5) is 13.6. The van der Waals surface area contributed by atoms with Gasteiger partial charge in [-0.2, -0.15) is 0 Å². The number of hydrogen-bond acceptors (Lipinski definition) is 3. The van der Waals surface area contributed by atoms with Gasteiger partial charge in [-0.3, -0.25) is 4.79 Å². The third-order valence-electron chi connectivity index (χ3n) is 2.43. The SMILES string of the molecule is CC(CN)C(=O)N1CCOCC1C. The number of amides is 1. The van der Waals surface area contributed by atoms with Crippen LogP contribution in [0.4, 0.5) is 0 Å². The number of carbonyl (C=O) groups excluding carboxylic acids is 1. The van der Waals surface area contributed by atoms with Crippen LogP contribution in [0.2, 0.25) is 0 Å². The van der Waals surface area contributed by atoms with E-state index in [-0.39, 0.29) is 17.9 Å². The van der Waals surface area contributed by atoms with Gasteiger partial charge in [-0.1, -0.05) is 6.92 Å². The zero-order valence-electron chi connectivity index (χ0n) is 8.32. The average Bonchev–Trinajstić information content (AvgIpc) is 2.16. The summed E-state index contributed by atoms with van der Waals surface area (Å²) < 4.78 is 5.25. The lowest BCUT2D eigenvalue weighted by atomic mass is 10.1. The molecule has 1 aliphatic rings. The second kappa shape index (κ2) is 4.58. The van der Waals surface area contributed by atoms with Crippen LogP contribution in [0, 0.1) is 5.92 Å². The molecule has 1 amide bonds. The van der Waals surface area contributed by atoms with Crippen molar-refractivity contribution in [2.24, 2.45) is 11.7 Å². The highest BCUT2D eigenvalue weighted by atomic mass is 16.5. The molecule has 0 radical (unpaired) electrons. The van der Waals surface area contributed by atoms with E-state index in [2.05, 4.69) is 0 Å². The maximum atomic E-state index is 11.7. The lowest BCUT2D eigenvalue weighted by Crippen LogP contribution is -2.49. The fraction of sp³-hybridized carbons (Fsp3) is 0.889. The average molecular weight is 186 g/mol. The van der Waals surface area contributed by atoms with E-state index >= 15 is 0 Å². The molecule has 1 aliphatic heterocycles. The number of hydrogen-bond donors (Lipinski definition) is 1. The number of carbonyl (C=O) groups is 1. The molecule has 0 spiro atoms. The van der Waals surface area contributed by atoms with E-state index in [1.165, 1.54) is 0 Å². The molecule has 2 atom stereocenters. The summed E-state index contributed by atoms with van der Waals surface area (Å²) in [7, 11) is 0. The molecule has 1 fully saturated rings. The Kier molecular flexibility index (Phi) is 3.69. The highest BCUT2D eigenvalue weighted by Gasteiger charge is 2.26. The predicted octanol–water partition coefficient (Wildman–Crippen LogP) is -0.171. The van der Waals surface area contributed by atoms with E-state index in [0.717, 1.165) is 0 Å². The molecule has 0 aliphatic carbocycles. The van der Waals surface area contributed by atoms with E-state index in [4.69, 9.17) is 10.5 Å². The molecule has 2 unspecified atom stereocenters. The predicted molar refractivity (Wildman–Crippen MR) is 50.2 cm³/mol. The quantitative estimate of drug-likeness (QED) is 0.651. The summed E-state index contributed by atoms with van der Waals surface area (Å²) in [6.45, 7) is 6.27. The van der Waals surface area contributed by atoms with Crippen LogP contribution in [0.25, 0.3) is 0 Å². The van der Waals surface area contributed by atoms with Crippen molar-refractivity contribution in [1.29, 1.82) is 0 Å². The van der Waals surface area contributed by atoms with Crippen molar-refractivity contribution in [2.45, 2.75) is 19.9 Å². The molecule has 0 aromatic heterocycles. The minimum atomic E-state index is -0.0689. The Bertz CT molecular complexity index is 184. The van der Waals surface area contributed by atoms with Crippen LogP contribution in [0.1, 0.15) is 13.8 Å². The van der Waals surface area contributed by atoms with Crippen molar-refractivity contribution in [1.82, 2.24) is 4.90 Å². The summed E-state index contributed by atoms with van der Waals surface area (Å²) in [6, 6.07) is 0.190. The molecule has 2 N–H and O–H groups in total. The molecular weight excluding hydrogens is 168 g/mol. The third kappa shape index (κ3) is 2.42. The summed E-state index contributed by atoms with van der Waals surface area (Å²) >= 11 is 0. The van der Waals surface area contributed by atoms with Crippen molar-refractivity contribution >= 4 is 5.91 Å². The molecular formula is C9H18N2O2. The monoisotopic (exact) mass is 186 g/mol. The largest absolute Gasteiger partial charge is 0.377 e. The number of ether oxygens (including phenoxy) is 1. The standard InChI is InChI=1S/C9H18N2O2/c1-7(5-10)9(12)11-3-4-13-6-8(11)2/h7-8H,3-6,10H2,1-2H3. The molecule has 0 aromatic carbocycles. The third-order valence-corrected chi connectivity index (χ3v) is 2.43.